The molecule has 0 bridgehead atoms. The highest BCUT2D eigenvalue weighted by Crippen LogP contribution is 2.37. The molecule has 27 heavy (non-hydrogen) atoms. The molecule has 3 rings (SSSR count). The van der Waals surface area contributed by atoms with Crippen molar-refractivity contribution in [2.45, 2.75) is 0 Å². The average Bonchev–Trinajstić information content (AvgIpc) is 2.71. The zero-order valence-electron chi connectivity index (χ0n) is 15.4. The van der Waals surface area contributed by atoms with Crippen LogP contribution in [0, 0.1) is 0 Å². The van der Waals surface area contributed by atoms with Crippen molar-refractivity contribution in [2.75, 3.05) is 21.3 Å². The largest absolute Gasteiger partial charge is 0.502 e. The number of methoxy groups -OCH3 is 3. The molecule has 3 aromatic rings. The number of hydrogen-bond acceptors (Lipinski definition) is 5. The van der Waals surface area contributed by atoms with Gasteiger partial charge in [0, 0.05) is 5.56 Å². The molecule has 0 spiro atoms. The number of allylic oxidation sites excluding steroid dienone is 1. The highest BCUT2D eigenvalue weighted by Gasteiger charge is 2.10. The van der Waals surface area contributed by atoms with E-state index in [-0.39, 0.29) is 23.0 Å². The maximum absolute atomic E-state index is 12.5. The Hall–Kier alpha value is -3.47. The average molecular weight is 364 g/mol. The number of hydrogen-bond donors (Lipinski definition) is 1. The molecule has 1 N–H and O–H groups in total. The predicted octanol–water partition coefficient (Wildman–Crippen LogP) is 4.47. The lowest BCUT2D eigenvalue weighted by Crippen LogP contribution is -1.94. The topological polar surface area (TPSA) is 65.0 Å². The van der Waals surface area contributed by atoms with Crippen molar-refractivity contribution < 1.29 is 24.1 Å². The van der Waals surface area contributed by atoms with E-state index in [1.165, 1.54) is 20.3 Å². The summed E-state index contributed by atoms with van der Waals surface area (Å²) in [7, 11) is 4.53. The molecule has 0 aliphatic carbocycles. The lowest BCUT2D eigenvalue weighted by molar-refractivity contribution is 0.104. The van der Waals surface area contributed by atoms with Gasteiger partial charge in [0.2, 0.25) is 5.75 Å². The van der Waals surface area contributed by atoms with E-state index in [2.05, 4.69) is 0 Å². The number of benzene rings is 3. The van der Waals surface area contributed by atoms with Gasteiger partial charge in [-0.25, -0.2) is 0 Å². The summed E-state index contributed by atoms with van der Waals surface area (Å²) >= 11 is 0. The van der Waals surface area contributed by atoms with Crippen LogP contribution in [0.2, 0.25) is 0 Å². The van der Waals surface area contributed by atoms with Gasteiger partial charge in [-0.15, -0.1) is 0 Å². The second kappa shape index (κ2) is 7.83. The van der Waals surface area contributed by atoms with Crippen LogP contribution in [0.3, 0.4) is 0 Å². The molecule has 0 fully saturated rings. The van der Waals surface area contributed by atoms with Gasteiger partial charge < -0.3 is 19.3 Å². The lowest BCUT2D eigenvalue weighted by Gasteiger charge is -2.09. The normalized spacial score (nSPS) is 10.9. The number of phenolic OH excluding ortho intramolecular Hbond substituents is 1. The lowest BCUT2D eigenvalue weighted by atomic mass is 10.0. The summed E-state index contributed by atoms with van der Waals surface area (Å²) in [6, 6.07) is 14.5. The first kappa shape index (κ1) is 18.3. The Labute approximate surface area is 157 Å². The third-order valence-electron chi connectivity index (χ3n) is 4.26. The summed E-state index contributed by atoms with van der Waals surface area (Å²) in [5, 5.41) is 11.9. The molecule has 0 aliphatic rings. The number of fused-ring (bicyclic) bond motifs is 1. The molecule has 0 saturated heterocycles. The molecule has 5 nitrogen and oxygen atoms in total. The Morgan fingerprint density at radius 1 is 0.852 bits per heavy atom. The molecular weight excluding hydrogens is 344 g/mol. The predicted molar refractivity (Wildman–Crippen MR) is 105 cm³/mol. The molecular formula is C22H20O5. The Morgan fingerprint density at radius 2 is 1.48 bits per heavy atom. The third-order valence-corrected chi connectivity index (χ3v) is 4.26. The summed E-state index contributed by atoms with van der Waals surface area (Å²) in [4.78, 5) is 12.5. The van der Waals surface area contributed by atoms with Crippen molar-refractivity contribution >= 4 is 22.6 Å². The van der Waals surface area contributed by atoms with Crippen LogP contribution >= 0.6 is 0 Å². The second-order valence-electron chi connectivity index (χ2n) is 5.90. The summed E-state index contributed by atoms with van der Waals surface area (Å²) in [6.45, 7) is 0. The first-order chi connectivity index (χ1) is 13.0. The Bertz CT molecular complexity index is 995. The summed E-state index contributed by atoms with van der Waals surface area (Å²) in [5.74, 6) is 1.13. The second-order valence-corrected chi connectivity index (χ2v) is 5.90. The number of aromatic hydroxyl groups is 1. The van der Waals surface area contributed by atoms with E-state index in [1.54, 1.807) is 31.4 Å². The van der Waals surface area contributed by atoms with Crippen LogP contribution in [0.4, 0.5) is 0 Å². The number of ketones is 1. The summed E-state index contributed by atoms with van der Waals surface area (Å²) in [6.07, 6.45) is 3.14. The molecule has 138 valence electrons. The van der Waals surface area contributed by atoms with Crippen LogP contribution in [0.25, 0.3) is 16.8 Å². The van der Waals surface area contributed by atoms with Crippen LogP contribution < -0.4 is 14.2 Å². The molecule has 0 aliphatic heterocycles. The SMILES string of the molecule is COc1ccc2cc(C(=O)/C=C/c3cc(OC)c(O)c(OC)c3)ccc2c1. The quantitative estimate of drug-likeness (QED) is 0.516. The molecule has 0 amide bonds. The van der Waals surface area contributed by atoms with Crippen LogP contribution in [-0.2, 0) is 0 Å². The van der Waals surface area contributed by atoms with E-state index in [1.807, 2.05) is 30.3 Å². The standard InChI is InChI=1S/C22H20O5/c1-25-18-8-7-15-12-17(6-5-16(15)13-18)19(23)9-4-14-10-20(26-2)22(24)21(11-14)27-3/h4-13,24H,1-3H3/b9-4+. The third kappa shape index (κ3) is 3.87. The van der Waals surface area contributed by atoms with Gasteiger partial charge >= 0.3 is 0 Å². The molecule has 0 unspecified atom stereocenters. The molecule has 0 atom stereocenters. The number of rotatable bonds is 6. The number of phenols is 1. The van der Waals surface area contributed by atoms with Crippen molar-refractivity contribution in [3.05, 3.63) is 65.7 Å². The zero-order valence-corrected chi connectivity index (χ0v) is 15.4. The highest BCUT2D eigenvalue weighted by molar-refractivity contribution is 6.08. The maximum atomic E-state index is 12.5. The molecule has 0 aromatic heterocycles. The number of carbonyl (C=O) groups excluding carboxylic acids is 1. The molecule has 3 aromatic carbocycles. The van der Waals surface area contributed by atoms with Gasteiger partial charge in [-0.05, 0) is 52.7 Å². The highest BCUT2D eigenvalue weighted by atomic mass is 16.5. The zero-order chi connectivity index (χ0) is 19.4. The van der Waals surface area contributed by atoms with E-state index >= 15 is 0 Å². The van der Waals surface area contributed by atoms with Gasteiger partial charge in [0.15, 0.2) is 17.3 Å². The Kier molecular flexibility index (Phi) is 5.31. The monoisotopic (exact) mass is 364 g/mol. The Morgan fingerprint density at radius 3 is 2.11 bits per heavy atom. The minimum absolute atomic E-state index is 0.0755. The molecule has 0 heterocycles. The number of carbonyl (C=O) groups is 1. The van der Waals surface area contributed by atoms with Crippen molar-refractivity contribution in [3.8, 4) is 23.0 Å². The fourth-order valence-corrected chi connectivity index (χ4v) is 2.78. The summed E-state index contributed by atoms with van der Waals surface area (Å²) in [5.41, 5.74) is 1.27. The van der Waals surface area contributed by atoms with Crippen molar-refractivity contribution in [3.63, 3.8) is 0 Å². The van der Waals surface area contributed by atoms with E-state index in [0.717, 1.165) is 16.5 Å². The molecule has 0 saturated carbocycles. The van der Waals surface area contributed by atoms with Crippen molar-refractivity contribution in [2.24, 2.45) is 0 Å². The van der Waals surface area contributed by atoms with E-state index < -0.39 is 0 Å². The van der Waals surface area contributed by atoms with E-state index in [9.17, 15) is 9.90 Å². The van der Waals surface area contributed by atoms with E-state index in [4.69, 9.17) is 14.2 Å². The van der Waals surface area contributed by atoms with Gasteiger partial charge in [-0.1, -0.05) is 24.3 Å². The maximum Gasteiger partial charge on any atom is 0.200 e. The minimum atomic E-state index is -0.126. The van der Waals surface area contributed by atoms with Gasteiger partial charge in [0.25, 0.3) is 0 Å². The van der Waals surface area contributed by atoms with Crippen LogP contribution in [0.5, 0.6) is 23.0 Å². The van der Waals surface area contributed by atoms with Gasteiger partial charge in [0.1, 0.15) is 5.75 Å². The first-order valence-corrected chi connectivity index (χ1v) is 8.31. The van der Waals surface area contributed by atoms with Crippen LogP contribution in [-0.4, -0.2) is 32.2 Å². The van der Waals surface area contributed by atoms with Crippen molar-refractivity contribution in [1.82, 2.24) is 0 Å². The van der Waals surface area contributed by atoms with E-state index in [0.29, 0.717) is 11.1 Å². The summed E-state index contributed by atoms with van der Waals surface area (Å²) < 4.78 is 15.5. The smallest absolute Gasteiger partial charge is 0.200 e. The minimum Gasteiger partial charge on any atom is -0.502 e. The van der Waals surface area contributed by atoms with Gasteiger partial charge in [-0.2, -0.15) is 0 Å². The fraction of sp³-hybridized carbons (Fsp3) is 0.136. The van der Waals surface area contributed by atoms with Crippen molar-refractivity contribution in [1.29, 1.82) is 0 Å². The van der Waals surface area contributed by atoms with Gasteiger partial charge in [-0.3, -0.25) is 4.79 Å². The first-order valence-electron chi connectivity index (χ1n) is 8.31. The van der Waals surface area contributed by atoms with Crippen LogP contribution in [0.1, 0.15) is 15.9 Å². The fourth-order valence-electron chi connectivity index (χ4n) is 2.78. The van der Waals surface area contributed by atoms with Crippen LogP contribution in [0.15, 0.2) is 54.6 Å². The van der Waals surface area contributed by atoms with Gasteiger partial charge in [0.05, 0.1) is 21.3 Å². The molecule has 0 radical (unpaired) electrons. The Balaban J connectivity index is 1.87. The molecule has 5 heteroatoms. The number of ether oxygens (including phenoxy) is 3.